The molecule has 1 aromatic heterocycles. The quantitative estimate of drug-likeness (QED) is 0.126. The summed E-state index contributed by atoms with van der Waals surface area (Å²) in [5, 5.41) is 29.0. The number of rotatable bonds is 12. The summed E-state index contributed by atoms with van der Waals surface area (Å²) in [4.78, 5) is 25.9. The molecule has 4 aromatic rings. The molecule has 276 valence electrons. The minimum atomic E-state index is -1.56. The summed E-state index contributed by atoms with van der Waals surface area (Å²) in [7, 11) is 0. The Morgan fingerprint density at radius 1 is 1.00 bits per heavy atom. The third-order valence-corrected chi connectivity index (χ3v) is 10.4. The van der Waals surface area contributed by atoms with Crippen LogP contribution in [0.4, 0.5) is 14.9 Å². The minimum absolute atomic E-state index is 0.0753. The van der Waals surface area contributed by atoms with Crippen molar-refractivity contribution in [3.63, 3.8) is 0 Å². The molecule has 0 spiro atoms. The Bertz CT molecular complexity index is 2050. The van der Waals surface area contributed by atoms with Gasteiger partial charge in [-0.15, -0.1) is 4.72 Å². The summed E-state index contributed by atoms with van der Waals surface area (Å²) < 4.78 is 38.8. The van der Waals surface area contributed by atoms with Gasteiger partial charge in [0.2, 0.25) is 0 Å². The molecule has 13 heteroatoms. The number of alkyl carbamates (subject to hydrolysis) is 1. The molecule has 2 atom stereocenters. The Morgan fingerprint density at radius 2 is 1.70 bits per heavy atom. The van der Waals surface area contributed by atoms with Gasteiger partial charge in [0.05, 0.1) is 28.6 Å². The number of halogens is 1. The Labute approximate surface area is 312 Å². The van der Waals surface area contributed by atoms with E-state index in [0.29, 0.717) is 29.2 Å². The lowest BCUT2D eigenvalue weighted by molar-refractivity contribution is 0.0523. The molecule has 5 rings (SSSR count). The highest BCUT2D eigenvalue weighted by Crippen LogP contribution is 2.43. The van der Waals surface area contributed by atoms with E-state index in [1.165, 1.54) is 23.0 Å². The largest absolute Gasteiger partial charge is 0.598 e. The van der Waals surface area contributed by atoms with Crippen molar-refractivity contribution in [1.29, 1.82) is 10.5 Å². The summed E-state index contributed by atoms with van der Waals surface area (Å²) >= 11 is -1.56. The van der Waals surface area contributed by atoms with E-state index in [2.05, 4.69) is 26.5 Å². The van der Waals surface area contributed by atoms with Crippen LogP contribution in [0.2, 0.25) is 0 Å². The van der Waals surface area contributed by atoms with Crippen molar-refractivity contribution in [1.82, 2.24) is 19.8 Å². The molecule has 1 saturated carbocycles. The molecule has 0 saturated heterocycles. The molecule has 0 bridgehead atoms. The van der Waals surface area contributed by atoms with Crippen LogP contribution in [0.5, 0.6) is 0 Å². The van der Waals surface area contributed by atoms with Crippen LogP contribution in [0.15, 0.2) is 72.9 Å². The molecule has 3 N–H and O–H groups in total. The van der Waals surface area contributed by atoms with Gasteiger partial charge in [-0.05, 0) is 113 Å². The maximum Gasteiger partial charge on any atom is 0.407 e. The monoisotopic (exact) mass is 737 g/mol. The molecule has 0 radical (unpaired) electrons. The van der Waals surface area contributed by atoms with E-state index in [4.69, 9.17) is 4.74 Å². The molecule has 1 fully saturated rings. The van der Waals surface area contributed by atoms with Crippen LogP contribution in [0.3, 0.4) is 0 Å². The number of ether oxygens (including phenoxy) is 1. The van der Waals surface area contributed by atoms with Crippen LogP contribution >= 0.6 is 0 Å². The second kappa shape index (κ2) is 15.8. The molecular weight excluding hydrogens is 694 g/mol. The molecule has 1 heterocycles. The molecule has 11 nitrogen and oxygen atoms in total. The number of amides is 2. The van der Waals surface area contributed by atoms with Crippen LogP contribution < -0.4 is 15.4 Å². The SMILES string of the molecule is CC(C)(C)OC(=O)NCc1cccc(-n2cc(C(=O)Nc3cc([C@@](CCC4CC4)(N[S@+]([O-])C(C)(C)C)c4ccc(C#N)cc4)ccc3F)c(C#N)n2)c1. The summed E-state index contributed by atoms with van der Waals surface area (Å²) in [6, 6.07) is 22.5. The van der Waals surface area contributed by atoms with E-state index in [9.17, 15) is 24.7 Å². The van der Waals surface area contributed by atoms with Gasteiger partial charge in [-0.2, -0.15) is 15.6 Å². The van der Waals surface area contributed by atoms with Crippen molar-refractivity contribution in [2.45, 2.75) is 89.7 Å². The smallest absolute Gasteiger partial charge is 0.407 e. The number of carbonyl (C=O) groups excluding carboxylic acids is 2. The minimum Gasteiger partial charge on any atom is -0.598 e. The molecule has 3 aromatic carbocycles. The van der Waals surface area contributed by atoms with Gasteiger partial charge in [-0.3, -0.25) is 4.79 Å². The lowest BCUT2D eigenvalue weighted by atomic mass is 9.79. The Morgan fingerprint density at radius 3 is 2.32 bits per heavy atom. The Balaban J connectivity index is 1.46. The van der Waals surface area contributed by atoms with Gasteiger partial charge in [-0.1, -0.05) is 43.2 Å². The molecular formula is C40H44FN7O4S. The molecule has 53 heavy (non-hydrogen) atoms. The van der Waals surface area contributed by atoms with E-state index in [1.54, 1.807) is 63.2 Å². The predicted molar refractivity (Wildman–Crippen MR) is 201 cm³/mol. The summed E-state index contributed by atoms with van der Waals surface area (Å²) in [6.45, 7) is 11.1. The number of anilines is 1. The fourth-order valence-corrected chi connectivity index (χ4v) is 6.68. The number of nitrogens with one attached hydrogen (secondary N) is 3. The Hall–Kier alpha value is -5.21. The predicted octanol–water partition coefficient (Wildman–Crippen LogP) is 7.52. The average molecular weight is 738 g/mol. The number of hydrogen-bond donors (Lipinski definition) is 3. The first kappa shape index (κ1) is 39.0. The Kier molecular flexibility index (Phi) is 11.6. The highest BCUT2D eigenvalue weighted by molar-refractivity contribution is 7.90. The molecule has 0 aliphatic heterocycles. The molecule has 2 amide bonds. The standard InChI is InChI=1S/C40H44FN7O4S/c1-38(2,3)52-37(50)44-24-28-8-7-9-31(20-28)48-25-32(35(23-43)46-48)36(49)45-34-21-30(16-17-33(34)41)40(19-18-26-10-11-26,47-53(51)39(4,5)6)29-14-12-27(22-42)13-15-29/h7-9,12-17,20-21,25-26,47H,10-11,18-19,24H2,1-6H3,(H,44,50)(H,45,49)/t40-,53+/m0/s1. The van der Waals surface area contributed by atoms with Gasteiger partial charge in [0.1, 0.15) is 27.8 Å². The maximum atomic E-state index is 15.6. The van der Waals surface area contributed by atoms with E-state index in [-0.39, 0.29) is 23.5 Å². The number of carbonyl (C=O) groups is 2. The second-order valence-corrected chi connectivity index (χ2v) is 17.1. The van der Waals surface area contributed by atoms with Crippen molar-refractivity contribution >= 4 is 29.0 Å². The maximum absolute atomic E-state index is 15.6. The van der Waals surface area contributed by atoms with Crippen molar-refractivity contribution in [3.05, 3.63) is 112 Å². The summed E-state index contributed by atoms with van der Waals surface area (Å²) in [5.41, 5.74) is 0.943. The highest BCUT2D eigenvalue weighted by atomic mass is 32.2. The zero-order valence-corrected chi connectivity index (χ0v) is 31.6. The number of nitrogens with zero attached hydrogens (tertiary/aromatic N) is 4. The van der Waals surface area contributed by atoms with Crippen molar-refractivity contribution < 1.29 is 23.3 Å². The van der Waals surface area contributed by atoms with E-state index in [1.807, 2.05) is 39.0 Å². The van der Waals surface area contributed by atoms with E-state index in [0.717, 1.165) is 30.4 Å². The summed E-state index contributed by atoms with van der Waals surface area (Å²) in [6.07, 6.45) is 4.36. The first-order chi connectivity index (χ1) is 25.0. The van der Waals surface area contributed by atoms with Crippen molar-refractivity contribution in [3.8, 4) is 17.8 Å². The van der Waals surface area contributed by atoms with Gasteiger partial charge in [0.25, 0.3) is 5.91 Å². The zero-order chi connectivity index (χ0) is 38.6. The van der Waals surface area contributed by atoms with Gasteiger partial charge < -0.3 is 19.9 Å². The molecule has 1 aliphatic rings. The third kappa shape index (κ3) is 9.82. The second-order valence-electron chi connectivity index (χ2n) is 15.2. The van der Waals surface area contributed by atoms with Crippen LogP contribution in [-0.4, -0.2) is 36.7 Å². The number of nitriles is 2. The number of benzene rings is 3. The van der Waals surface area contributed by atoms with Crippen LogP contribution in [-0.2, 0) is 28.2 Å². The van der Waals surface area contributed by atoms with Crippen LogP contribution in [0.25, 0.3) is 5.69 Å². The number of aromatic nitrogens is 2. The van der Waals surface area contributed by atoms with E-state index >= 15 is 4.39 Å². The fraction of sp³-hybridized carbons (Fsp3) is 0.375. The van der Waals surface area contributed by atoms with Gasteiger partial charge in [0.15, 0.2) is 5.69 Å². The van der Waals surface area contributed by atoms with Crippen LogP contribution in [0, 0.1) is 34.4 Å². The lowest BCUT2D eigenvalue weighted by Gasteiger charge is -2.39. The van der Waals surface area contributed by atoms with Crippen molar-refractivity contribution in [2.24, 2.45) is 5.92 Å². The van der Waals surface area contributed by atoms with Gasteiger partial charge in [0, 0.05) is 24.1 Å². The number of hydrogen-bond acceptors (Lipinski definition) is 8. The first-order valence-electron chi connectivity index (χ1n) is 17.4. The van der Waals surface area contributed by atoms with Gasteiger partial charge >= 0.3 is 6.09 Å². The van der Waals surface area contributed by atoms with Gasteiger partial charge in [-0.25, -0.2) is 13.9 Å². The fourth-order valence-electron chi connectivity index (χ4n) is 5.72. The highest BCUT2D eigenvalue weighted by Gasteiger charge is 2.43. The van der Waals surface area contributed by atoms with Crippen molar-refractivity contribution in [2.75, 3.05) is 5.32 Å². The lowest BCUT2D eigenvalue weighted by Crippen LogP contribution is -2.52. The third-order valence-electron chi connectivity index (χ3n) is 8.74. The molecule has 0 unspecified atom stereocenters. The topological polar surface area (TPSA) is 168 Å². The molecule has 1 aliphatic carbocycles. The normalized spacial score (nSPS) is 14.7. The zero-order valence-electron chi connectivity index (χ0n) is 30.7. The average Bonchev–Trinajstić information content (AvgIpc) is 3.84. The van der Waals surface area contributed by atoms with E-state index < -0.39 is 45.1 Å². The summed E-state index contributed by atoms with van der Waals surface area (Å²) in [5.74, 6) is -0.939. The van der Waals surface area contributed by atoms with Crippen LogP contribution in [0.1, 0.15) is 106 Å². The first-order valence-corrected chi connectivity index (χ1v) is 18.5.